The molecular formula is C15H20N4O. The number of aromatic nitrogens is 2. The van der Waals surface area contributed by atoms with Crippen molar-refractivity contribution in [2.75, 3.05) is 0 Å². The third kappa shape index (κ3) is 2.66. The van der Waals surface area contributed by atoms with Gasteiger partial charge in [0.05, 0.1) is 12.2 Å². The van der Waals surface area contributed by atoms with E-state index in [4.69, 9.17) is 10.9 Å². The predicted molar refractivity (Wildman–Crippen MR) is 79.1 cm³/mol. The lowest BCUT2D eigenvalue weighted by atomic mass is 10.1. The van der Waals surface area contributed by atoms with Gasteiger partial charge in [0.2, 0.25) is 0 Å². The van der Waals surface area contributed by atoms with Crippen molar-refractivity contribution in [2.45, 2.75) is 33.7 Å². The van der Waals surface area contributed by atoms with E-state index in [1.165, 1.54) is 11.3 Å². The first kappa shape index (κ1) is 14.1. The second kappa shape index (κ2) is 5.77. The summed E-state index contributed by atoms with van der Waals surface area (Å²) in [5.74, 6) is 0.121. The van der Waals surface area contributed by atoms with Crippen LogP contribution in [0.25, 0.3) is 0 Å². The van der Waals surface area contributed by atoms with Crippen LogP contribution in [0.2, 0.25) is 0 Å². The second-order valence-corrected chi connectivity index (χ2v) is 4.84. The molecule has 106 valence electrons. The highest BCUT2D eigenvalue weighted by molar-refractivity contribution is 5.96. The van der Waals surface area contributed by atoms with E-state index in [9.17, 15) is 0 Å². The lowest BCUT2D eigenvalue weighted by molar-refractivity contribution is 0.318. The molecule has 0 aliphatic heterocycles. The first-order valence-electron chi connectivity index (χ1n) is 6.66. The van der Waals surface area contributed by atoms with E-state index in [0.717, 1.165) is 24.2 Å². The molecule has 1 heterocycles. The first-order chi connectivity index (χ1) is 9.56. The fourth-order valence-electron chi connectivity index (χ4n) is 2.41. The van der Waals surface area contributed by atoms with Crippen LogP contribution in [0.15, 0.2) is 29.4 Å². The molecule has 0 aliphatic carbocycles. The van der Waals surface area contributed by atoms with Crippen LogP contribution in [-0.4, -0.2) is 20.8 Å². The summed E-state index contributed by atoms with van der Waals surface area (Å²) in [6, 6.07) is 7.62. The fraction of sp³-hybridized carbons (Fsp3) is 0.333. The van der Waals surface area contributed by atoms with E-state index in [1.807, 2.05) is 35.9 Å². The molecule has 0 unspecified atom stereocenters. The van der Waals surface area contributed by atoms with Crippen LogP contribution in [-0.2, 0) is 13.0 Å². The maximum absolute atomic E-state index is 8.64. The minimum absolute atomic E-state index is 0.121. The summed E-state index contributed by atoms with van der Waals surface area (Å²) in [6.07, 6.45) is 1.00. The summed E-state index contributed by atoms with van der Waals surface area (Å²) in [5.41, 5.74) is 11.0. The zero-order valence-corrected chi connectivity index (χ0v) is 12.1. The molecule has 0 bridgehead atoms. The minimum atomic E-state index is 0.121. The van der Waals surface area contributed by atoms with Gasteiger partial charge < -0.3 is 10.9 Å². The molecule has 2 aromatic rings. The first-order valence-corrected chi connectivity index (χ1v) is 6.66. The molecule has 0 saturated heterocycles. The third-order valence-corrected chi connectivity index (χ3v) is 3.57. The highest BCUT2D eigenvalue weighted by atomic mass is 16.4. The largest absolute Gasteiger partial charge is 0.409 e. The number of rotatable bonds is 4. The molecule has 5 nitrogen and oxygen atoms in total. The Morgan fingerprint density at radius 3 is 2.45 bits per heavy atom. The highest BCUT2D eigenvalue weighted by Crippen LogP contribution is 2.15. The third-order valence-electron chi connectivity index (χ3n) is 3.57. The molecule has 2 rings (SSSR count). The number of hydrogen-bond acceptors (Lipinski definition) is 3. The van der Waals surface area contributed by atoms with Crippen molar-refractivity contribution in [2.24, 2.45) is 10.9 Å². The van der Waals surface area contributed by atoms with E-state index < -0.39 is 0 Å². The van der Waals surface area contributed by atoms with Crippen LogP contribution in [0.5, 0.6) is 0 Å². The van der Waals surface area contributed by atoms with Gasteiger partial charge in [-0.3, -0.25) is 4.68 Å². The smallest absolute Gasteiger partial charge is 0.170 e. The van der Waals surface area contributed by atoms with Gasteiger partial charge in [-0.2, -0.15) is 5.10 Å². The maximum Gasteiger partial charge on any atom is 0.170 e. The molecule has 1 aromatic heterocycles. The number of benzene rings is 1. The van der Waals surface area contributed by atoms with Crippen LogP contribution < -0.4 is 5.73 Å². The molecule has 1 aromatic carbocycles. The van der Waals surface area contributed by atoms with Gasteiger partial charge in [0.1, 0.15) is 0 Å². The summed E-state index contributed by atoms with van der Waals surface area (Å²) in [4.78, 5) is 0. The molecule has 0 radical (unpaired) electrons. The molecule has 5 heteroatoms. The van der Waals surface area contributed by atoms with Crippen LogP contribution >= 0.6 is 0 Å². The number of hydrogen-bond donors (Lipinski definition) is 2. The highest BCUT2D eigenvalue weighted by Gasteiger charge is 2.10. The summed E-state index contributed by atoms with van der Waals surface area (Å²) in [5, 5.41) is 16.2. The Labute approximate surface area is 118 Å². The quantitative estimate of drug-likeness (QED) is 0.388. The summed E-state index contributed by atoms with van der Waals surface area (Å²) >= 11 is 0. The average Bonchev–Trinajstić information content (AvgIpc) is 2.73. The van der Waals surface area contributed by atoms with Crippen LogP contribution in [0.4, 0.5) is 0 Å². The zero-order valence-electron chi connectivity index (χ0n) is 12.1. The van der Waals surface area contributed by atoms with E-state index >= 15 is 0 Å². The van der Waals surface area contributed by atoms with Crippen molar-refractivity contribution in [3.63, 3.8) is 0 Å². The second-order valence-electron chi connectivity index (χ2n) is 4.84. The molecule has 20 heavy (non-hydrogen) atoms. The van der Waals surface area contributed by atoms with Gasteiger partial charge >= 0.3 is 0 Å². The maximum atomic E-state index is 8.64. The van der Waals surface area contributed by atoms with Crippen molar-refractivity contribution in [3.05, 3.63) is 52.3 Å². The van der Waals surface area contributed by atoms with Crippen molar-refractivity contribution < 1.29 is 5.21 Å². The lowest BCUT2D eigenvalue weighted by Crippen LogP contribution is -2.13. The van der Waals surface area contributed by atoms with Gasteiger partial charge in [0, 0.05) is 11.3 Å². The number of oxime groups is 1. The van der Waals surface area contributed by atoms with Crippen LogP contribution in [0, 0.1) is 13.8 Å². The molecule has 0 atom stereocenters. The lowest BCUT2D eigenvalue weighted by Gasteiger charge is -2.06. The monoisotopic (exact) mass is 272 g/mol. The molecule has 0 spiro atoms. The topological polar surface area (TPSA) is 76.4 Å². The summed E-state index contributed by atoms with van der Waals surface area (Å²) < 4.78 is 2.02. The van der Waals surface area contributed by atoms with Crippen LogP contribution in [0.3, 0.4) is 0 Å². The van der Waals surface area contributed by atoms with E-state index in [1.54, 1.807) is 0 Å². The van der Waals surface area contributed by atoms with Crippen molar-refractivity contribution in [1.29, 1.82) is 0 Å². The Balaban J connectivity index is 2.22. The van der Waals surface area contributed by atoms with E-state index in [0.29, 0.717) is 5.56 Å². The normalized spacial score (nSPS) is 11.8. The van der Waals surface area contributed by atoms with Gasteiger partial charge in [0.25, 0.3) is 0 Å². The number of amidine groups is 1. The van der Waals surface area contributed by atoms with Crippen molar-refractivity contribution >= 4 is 5.84 Å². The Hall–Kier alpha value is -2.30. The zero-order chi connectivity index (χ0) is 14.7. The van der Waals surface area contributed by atoms with E-state index in [-0.39, 0.29) is 5.84 Å². The van der Waals surface area contributed by atoms with E-state index in [2.05, 4.69) is 24.1 Å². The molecule has 0 saturated carbocycles. The van der Waals surface area contributed by atoms with Crippen LogP contribution in [0.1, 0.15) is 35.0 Å². The van der Waals surface area contributed by atoms with Crippen molar-refractivity contribution in [3.8, 4) is 0 Å². The standard InChI is InChI=1S/C15H20N4O/c1-4-14-10(2)17-19(11(14)3)9-12-5-7-13(8-6-12)15(16)18-20/h5-8,20H,4,9H2,1-3H3,(H2,16,18). The molecule has 3 N–H and O–H groups in total. The minimum Gasteiger partial charge on any atom is -0.409 e. The number of aryl methyl sites for hydroxylation is 1. The molecule has 0 fully saturated rings. The van der Waals surface area contributed by atoms with Gasteiger partial charge in [-0.1, -0.05) is 36.3 Å². The summed E-state index contributed by atoms with van der Waals surface area (Å²) in [7, 11) is 0. The van der Waals surface area contributed by atoms with Gasteiger partial charge in [-0.15, -0.1) is 0 Å². The Morgan fingerprint density at radius 2 is 1.95 bits per heavy atom. The number of nitrogens with two attached hydrogens (primary N) is 1. The Bertz CT molecular complexity index is 626. The Morgan fingerprint density at radius 1 is 1.30 bits per heavy atom. The molecule has 0 aliphatic rings. The predicted octanol–water partition coefficient (Wildman–Crippen LogP) is 2.21. The van der Waals surface area contributed by atoms with Gasteiger partial charge in [0.15, 0.2) is 5.84 Å². The van der Waals surface area contributed by atoms with Gasteiger partial charge in [-0.05, 0) is 31.4 Å². The van der Waals surface area contributed by atoms with Gasteiger partial charge in [-0.25, -0.2) is 0 Å². The number of nitrogens with zero attached hydrogens (tertiary/aromatic N) is 3. The average molecular weight is 272 g/mol. The Kier molecular flexibility index (Phi) is 4.08. The molecule has 0 amide bonds. The SMILES string of the molecule is CCc1c(C)nn(Cc2ccc(C(N)=NO)cc2)c1C. The fourth-order valence-corrected chi connectivity index (χ4v) is 2.41. The van der Waals surface area contributed by atoms with Crippen molar-refractivity contribution in [1.82, 2.24) is 9.78 Å². The summed E-state index contributed by atoms with van der Waals surface area (Å²) in [6.45, 7) is 7.02. The molecular weight excluding hydrogens is 252 g/mol.